The van der Waals surface area contributed by atoms with Crippen molar-refractivity contribution in [3.05, 3.63) is 30.1 Å². The van der Waals surface area contributed by atoms with Gasteiger partial charge in [0.2, 0.25) is 5.91 Å². The lowest BCUT2D eigenvalue weighted by molar-refractivity contribution is -0.114. The third kappa shape index (κ3) is 8.49. The summed E-state index contributed by atoms with van der Waals surface area (Å²) in [7, 11) is 0. The van der Waals surface area contributed by atoms with E-state index in [-0.39, 0.29) is 42.2 Å². The molecule has 0 unspecified atom stereocenters. The van der Waals surface area contributed by atoms with E-state index in [0.717, 1.165) is 19.5 Å². The van der Waals surface area contributed by atoms with Crippen molar-refractivity contribution in [2.75, 3.05) is 25.0 Å². The molecule has 5 nitrogen and oxygen atoms in total. The number of hydrogen-bond donors (Lipinski definition) is 3. The van der Waals surface area contributed by atoms with Crippen LogP contribution in [0.3, 0.4) is 0 Å². The highest BCUT2D eigenvalue weighted by molar-refractivity contribution is 14.0. The minimum atomic E-state index is -0.334. The zero-order valence-corrected chi connectivity index (χ0v) is 14.6. The van der Waals surface area contributed by atoms with E-state index in [2.05, 4.69) is 27.9 Å². The first kappa shape index (κ1) is 19.6. The molecule has 1 aromatic rings. The molecule has 1 aromatic carbocycles. The van der Waals surface area contributed by atoms with E-state index in [9.17, 15) is 9.18 Å². The number of benzene rings is 1. The molecule has 0 spiro atoms. The largest absolute Gasteiger partial charge is 0.357 e. The monoisotopic (exact) mass is 408 g/mol. The number of halogens is 2. The Morgan fingerprint density at radius 2 is 1.86 bits per heavy atom. The average Bonchev–Trinajstić information content (AvgIpc) is 2.44. The number of rotatable bonds is 6. The number of anilines is 1. The summed E-state index contributed by atoms with van der Waals surface area (Å²) in [4.78, 5) is 15.9. The molecular formula is C14H22FIN4O. The zero-order chi connectivity index (χ0) is 14.8. The highest BCUT2D eigenvalue weighted by atomic mass is 127. The lowest BCUT2D eigenvalue weighted by Crippen LogP contribution is -2.38. The van der Waals surface area contributed by atoms with Gasteiger partial charge in [0.1, 0.15) is 12.4 Å². The summed E-state index contributed by atoms with van der Waals surface area (Å²) in [6.45, 7) is 5.55. The van der Waals surface area contributed by atoms with Crippen LogP contribution in [0.4, 0.5) is 10.1 Å². The van der Waals surface area contributed by atoms with E-state index in [0.29, 0.717) is 11.6 Å². The molecule has 0 aliphatic rings. The maximum Gasteiger partial charge on any atom is 0.246 e. The zero-order valence-electron chi connectivity index (χ0n) is 12.3. The van der Waals surface area contributed by atoms with Crippen LogP contribution in [-0.2, 0) is 4.79 Å². The summed E-state index contributed by atoms with van der Waals surface area (Å²) in [6.07, 6.45) is 0.978. The molecule has 0 bridgehead atoms. The molecule has 0 heterocycles. The normalized spacial score (nSPS) is 10.5. The number of aliphatic imine (C=N–C) groups is 1. The Bertz CT molecular complexity index is 451. The van der Waals surface area contributed by atoms with Crippen LogP contribution < -0.4 is 16.0 Å². The summed E-state index contributed by atoms with van der Waals surface area (Å²) in [6, 6.07) is 5.62. The molecule has 3 N–H and O–H groups in total. The van der Waals surface area contributed by atoms with Gasteiger partial charge in [0, 0.05) is 18.8 Å². The van der Waals surface area contributed by atoms with E-state index in [1.54, 1.807) is 0 Å². The van der Waals surface area contributed by atoms with E-state index in [4.69, 9.17) is 0 Å². The predicted molar refractivity (Wildman–Crippen MR) is 94.7 cm³/mol. The molecule has 118 valence electrons. The number of guanidine groups is 1. The van der Waals surface area contributed by atoms with Crippen LogP contribution in [-0.4, -0.2) is 31.5 Å². The van der Waals surface area contributed by atoms with Crippen molar-refractivity contribution in [1.82, 2.24) is 10.6 Å². The maximum atomic E-state index is 12.7. The first-order chi connectivity index (χ1) is 9.65. The van der Waals surface area contributed by atoms with Crippen LogP contribution in [0.5, 0.6) is 0 Å². The highest BCUT2D eigenvalue weighted by Crippen LogP contribution is 2.07. The summed E-state index contributed by atoms with van der Waals surface area (Å²) >= 11 is 0. The van der Waals surface area contributed by atoms with Gasteiger partial charge in [0.25, 0.3) is 0 Å². The van der Waals surface area contributed by atoms with Crippen LogP contribution >= 0.6 is 24.0 Å². The lowest BCUT2D eigenvalue weighted by atomic mass is 10.3. The Morgan fingerprint density at radius 3 is 2.43 bits per heavy atom. The van der Waals surface area contributed by atoms with E-state index in [1.807, 2.05) is 6.92 Å². The smallest absolute Gasteiger partial charge is 0.246 e. The molecule has 21 heavy (non-hydrogen) atoms. The minimum Gasteiger partial charge on any atom is -0.357 e. The molecule has 0 atom stereocenters. The molecule has 0 saturated carbocycles. The number of carbonyl (C=O) groups is 1. The van der Waals surface area contributed by atoms with Gasteiger partial charge in [-0.3, -0.25) is 4.79 Å². The molecule has 0 aliphatic heterocycles. The Kier molecular flexibility index (Phi) is 10.6. The summed E-state index contributed by atoms with van der Waals surface area (Å²) in [5.74, 6) is 0.0353. The van der Waals surface area contributed by atoms with Crippen LogP contribution in [0.1, 0.15) is 20.3 Å². The van der Waals surface area contributed by atoms with Crippen molar-refractivity contribution in [2.45, 2.75) is 20.3 Å². The second kappa shape index (κ2) is 11.3. The fourth-order valence-corrected chi connectivity index (χ4v) is 1.47. The topological polar surface area (TPSA) is 65.5 Å². The molecule has 0 saturated heterocycles. The van der Waals surface area contributed by atoms with Crippen LogP contribution in [0.25, 0.3) is 0 Å². The molecule has 0 aliphatic carbocycles. The second-order valence-corrected chi connectivity index (χ2v) is 4.18. The Labute approximate surface area is 141 Å². The van der Waals surface area contributed by atoms with Gasteiger partial charge in [0.05, 0.1) is 0 Å². The number of nitrogens with zero attached hydrogens (tertiary/aromatic N) is 1. The summed E-state index contributed by atoms with van der Waals surface area (Å²) < 4.78 is 12.7. The van der Waals surface area contributed by atoms with Gasteiger partial charge >= 0.3 is 0 Å². The molecule has 0 radical (unpaired) electrons. The number of hydrogen-bond acceptors (Lipinski definition) is 2. The summed E-state index contributed by atoms with van der Waals surface area (Å²) in [5, 5.41) is 8.81. The molecule has 7 heteroatoms. The Hall–Kier alpha value is -1.38. The van der Waals surface area contributed by atoms with Gasteiger partial charge in [-0.1, -0.05) is 6.92 Å². The SMILES string of the molecule is CCCNC(=NCC(=O)Nc1ccc(F)cc1)NCC.I. The first-order valence-corrected chi connectivity index (χ1v) is 6.73. The maximum absolute atomic E-state index is 12.7. The first-order valence-electron chi connectivity index (χ1n) is 6.73. The van der Waals surface area contributed by atoms with Gasteiger partial charge in [-0.2, -0.15) is 0 Å². The molecule has 0 fully saturated rings. The number of carbonyl (C=O) groups excluding carboxylic acids is 1. The Balaban J connectivity index is 0.00000400. The average molecular weight is 408 g/mol. The quantitative estimate of drug-likeness (QED) is 0.385. The molecule has 0 aromatic heterocycles. The Morgan fingerprint density at radius 1 is 1.19 bits per heavy atom. The number of amides is 1. The van der Waals surface area contributed by atoms with E-state index >= 15 is 0 Å². The predicted octanol–water partition coefficient (Wildman–Crippen LogP) is 2.35. The van der Waals surface area contributed by atoms with Crippen molar-refractivity contribution < 1.29 is 9.18 Å². The fourth-order valence-electron chi connectivity index (χ4n) is 1.47. The highest BCUT2D eigenvalue weighted by Gasteiger charge is 2.03. The van der Waals surface area contributed by atoms with Gasteiger partial charge in [-0.05, 0) is 37.6 Å². The van der Waals surface area contributed by atoms with Crippen LogP contribution in [0, 0.1) is 5.82 Å². The molecule has 1 rings (SSSR count). The fraction of sp³-hybridized carbons (Fsp3) is 0.429. The van der Waals surface area contributed by atoms with Crippen molar-refractivity contribution in [3.63, 3.8) is 0 Å². The standard InChI is InChI=1S/C14H21FN4O.HI/c1-3-9-17-14(16-4-2)18-10-13(20)19-12-7-5-11(15)6-8-12;/h5-8H,3-4,9-10H2,1-2H3,(H,19,20)(H2,16,17,18);1H. The van der Waals surface area contributed by atoms with E-state index in [1.165, 1.54) is 24.3 Å². The van der Waals surface area contributed by atoms with Crippen LogP contribution in [0.15, 0.2) is 29.3 Å². The van der Waals surface area contributed by atoms with Crippen molar-refractivity contribution in [2.24, 2.45) is 4.99 Å². The molecule has 1 amide bonds. The minimum absolute atomic E-state index is 0. The second-order valence-electron chi connectivity index (χ2n) is 4.18. The van der Waals surface area contributed by atoms with Crippen molar-refractivity contribution in [1.29, 1.82) is 0 Å². The van der Waals surface area contributed by atoms with Gasteiger partial charge in [0.15, 0.2) is 5.96 Å². The third-order valence-electron chi connectivity index (χ3n) is 2.40. The molecular weight excluding hydrogens is 386 g/mol. The number of nitrogens with one attached hydrogen (secondary N) is 3. The van der Waals surface area contributed by atoms with Gasteiger partial charge in [-0.25, -0.2) is 9.38 Å². The lowest BCUT2D eigenvalue weighted by Gasteiger charge is -2.10. The van der Waals surface area contributed by atoms with Crippen LogP contribution in [0.2, 0.25) is 0 Å². The van der Waals surface area contributed by atoms with E-state index < -0.39 is 0 Å². The van der Waals surface area contributed by atoms with Gasteiger partial charge < -0.3 is 16.0 Å². The van der Waals surface area contributed by atoms with Gasteiger partial charge in [-0.15, -0.1) is 24.0 Å². The van der Waals surface area contributed by atoms with Crippen molar-refractivity contribution in [3.8, 4) is 0 Å². The third-order valence-corrected chi connectivity index (χ3v) is 2.40. The summed E-state index contributed by atoms with van der Waals surface area (Å²) in [5.41, 5.74) is 0.554. The van der Waals surface area contributed by atoms with Crippen molar-refractivity contribution >= 4 is 41.5 Å².